The molecule has 2 N–H and O–H groups in total. The molecule has 0 atom stereocenters. The zero-order valence-corrected chi connectivity index (χ0v) is 11.6. The SMILES string of the molecule is O=C(O)CCCNS(=O)(=O)c1csc2ccccc12. The first-order chi connectivity index (χ1) is 9.00. The van der Waals surface area contributed by atoms with Crippen LogP contribution in [0.3, 0.4) is 0 Å². The molecule has 0 aliphatic rings. The summed E-state index contributed by atoms with van der Waals surface area (Å²) in [6.07, 6.45) is 0.226. The number of hydrogen-bond donors (Lipinski definition) is 2. The van der Waals surface area contributed by atoms with Crippen LogP contribution in [-0.2, 0) is 14.8 Å². The van der Waals surface area contributed by atoms with Crippen LogP contribution in [0.1, 0.15) is 12.8 Å². The van der Waals surface area contributed by atoms with Crippen molar-refractivity contribution in [1.29, 1.82) is 0 Å². The first-order valence-electron chi connectivity index (χ1n) is 5.68. The molecule has 1 aromatic heterocycles. The van der Waals surface area contributed by atoms with Crippen molar-refractivity contribution < 1.29 is 18.3 Å². The van der Waals surface area contributed by atoms with E-state index in [4.69, 9.17) is 5.11 Å². The van der Waals surface area contributed by atoms with Crippen molar-refractivity contribution in [2.24, 2.45) is 0 Å². The molecule has 0 saturated heterocycles. The number of carboxylic acids is 1. The predicted octanol–water partition coefficient (Wildman–Crippen LogP) is 2.04. The monoisotopic (exact) mass is 299 g/mol. The van der Waals surface area contributed by atoms with Gasteiger partial charge in [0.15, 0.2) is 0 Å². The Morgan fingerprint density at radius 1 is 1.32 bits per heavy atom. The number of nitrogens with one attached hydrogen (secondary N) is 1. The fourth-order valence-corrected chi connectivity index (χ4v) is 4.26. The van der Waals surface area contributed by atoms with E-state index >= 15 is 0 Å². The van der Waals surface area contributed by atoms with Gasteiger partial charge in [0.2, 0.25) is 10.0 Å². The molecule has 2 rings (SSSR count). The lowest BCUT2D eigenvalue weighted by molar-refractivity contribution is -0.137. The van der Waals surface area contributed by atoms with Gasteiger partial charge in [0.25, 0.3) is 0 Å². The van der Waals surface area contributed by atoms with Crippen molar-refractivity contribution in [3.8, 4) is 0 Å². The highest BCUT2D eigenvalue weighted by molar-refractivity contribution is 7.90. The highest BCUT2D eigenvalue weighted by Gasteiger charge is 2.18. The Balaban J connectivity index is 2.13. The highest BCUT2D eigenvalue weighted by atomic mass is 32.2. The van der Waals surface area contributed by atoms with Gasteiger partial charge in [0.05, 0.1) is 0 Å². The number of thiophene rings is 1. The fraction of sp³-hybridized carbons (Fsp3) is 0.250. The summed E-state index contributed by atoms with van der Waals surface area (Å²) in [7, 11) is -3.57. The van der Waals surface area contributed by atoms with Gasteiger partial charge in [-0.1, -0.05) is 18.2 Å². The van der Waals surface area contributed by atoms with Crippen LogP contribution >= 0.6 is 11.3 Å². The van der Waals surface area contributed by atoms with Gasteiger partial charge in [-0.25, -0.2) is 13.1 Å². The third-order valence-corrected chi connectivity index (χ3v) is 5.21. The van der Waals surface area contributed by atoms with Crippen LogP contribution < -0.4 is 4.72 Å². The second-order valence-electron chi connectivity index (χ2n) is 3.99. The van der Waals surface area contributed by atoms with E-state index in [-0.39, 0.29) is 24.3 Å². The second-order valence-corrected chi connectivity index (χ2v) is 6.64. The summed E-state index contributed by atoms with van der Waals surface area (Å²) < 4.78 is 27.5. The van der Waals surface area contributed by atoms with Crippen molar-refractivity contribution in [2.75, 3.05) is 6.54 Å². The minimum absolute atomic E-state index is 0.0487. The van der Waals surface area contributed by atoms with Gasteiger partial charge >= 0.3 is 5.97 Å². The molecule has 0 amide bonds. The minimum atomic E-state index is -3.57. The van der Waals surface area contributed by atoms with Crippen molar-refractivity contribution in [2.45, 2.75) is 17.7 Å². The quantitative estimate of drug-likeness (QED) is 0.800. The molecule has 19 heavy (non-hydrogen) atoms. The number of benzene rings is 1. The third kappa shape index (κ3) is 3.31. The fourth-order valence-electron chi connectivity index (χ4n) is 1.69. The molecular weight excluding hydrogens is 286 g/mol. The van der Waals surface area contributed by atoms with Gasteiger partial charge < -0.3 is 5.11 Å². The number of rotatable bonds is 6. The zero-order chi connectivity index (χ0) is 13.9. The Labute approximate surface area is 114 Å². The highest BCUT2D eigenvalue weighted by Crippen LogP contribution is 2.28. The van der Waals surface area contributed by atoms with Gasteiger partial charge in [-0.2, -0.15) is 0 Å². The Morgan fingerprint density at radius 2 is 2.05 bits per heavy atom. The second kappa shape index (κ2) is 5.68. The lowest BCUT2D eigenvalue weighted by Crippen LogP contribution is -2.25. The Bertz CT molecular complexity index is 691. The predicted molar refractivity (Wildman–Crippen MR) is 73.9 cm³/mol. The summed E-state index contributed by atoms with van der Waals surface area (Å²) in [6.45, 7) is 0.124. The molecule has 0 unspecified atom stereocenters. The average molecular weight is 299 g/mol. The Morgan fingerprint density at radius 3 is 2.79 bits per heavy atom. The van der Waals surface area contributed by atoms with Crippen LogP contribution in [0.25, 0.3) is 10.1 Å². The van der Waals surface area contributed by atoms with Gasteiger partial charge in [0, 0.05) is 28.4 Å². The van der Waals surface area contributed by atoms with Gasteiger partial charge in [-0.15, -0.1) is 11.3 Å². The van der Waals surface area contributed by atoms with E-state index in [9.17, 15) is 13.2 Å². The Kier molecular flexibility index (Phi) is 4.18. The molecule has 0 saturated carbocycles. The smallest absolute Gasteiger partial charge is 0.303 e. The largest absolute Gasteiger partial charge is 0.481 e. The molecule has 1 aromatic carbocycles. The summed E-state index contributed by atoms with van der Waals surface area (Å²) in [6, 6.07) is 7.27. The summed E-state index contributed by atoms with van der Waals surface area (Å²) in [5.41, 5.74) is 0. The van der Waals surface area contributed by atoms with Crippen molar-refractivity contribution in [3.63, 3.8) is 0 Å². The van der Waals surface area contributed by atoms with Crippen LogP contribution in [-0.4, -0.2) is 26.0 Å². The van der Waals surface area contributed by atoms with Crippen LogP contribution in [0, 0.1) is 0 Å². The molecular formula is C12H13NO4S2. The minimum Gasteiger partial charge on any atom is -0.481 e. The van der Waals surface area contributed by atoms with E-state index in [1.807, 2.05) is 12.1 Å². The van der Waals surface area contributed by atoms with Crippen molar-refractivity contribution in [1.82, 2.24) is 4.72 Å². The normalized spacial score (nSPS) is 11.8. The van der Waals surface area contributed by atoms with Crippen molar-refractivity contribution in [3.05, 3.63) is 29.6 Å². The maximum atomic E-state index is 12.1. The maximum Gasteiger partial charge on any atom is 0.303 e. The van der Waals surface area contributed by atoms with Gasteiger partial charge in [-0.3, -0.25) is 4.79 Å². The van der Waals surface area contributed by atoms with E-state index < -0.39 is 16.0 Å². The topological polar surface area (TPSA) is 83.5 Å². The van der Waals surface area contributed by atoms with E-state index in [1.165, 1.54) is 11.3 Å². The summed E-state index contributed by atoms with van der Waals surface area (Å²) in [4.78, 5) is 10.6. The number of carboxylic acid groups (broad SMARTS) is 1. The van der Waals surface area contributed by atoms with Crippen molar-refractivity contribution >= 4 is 37.4 Å². The standard InChI is InChI=1S/C12H13NO4S2/c14-12(15)6-3-7-13-19(16,17)11-8-18-10-5-2-1-4-9(10)11/h1-2,4-5,8,13H,3,6-7H2,(H,14,15). The number of hydrogen-bond acceptors (Lipinski definition) is 4. The number of aliphatic carboxylic acids is 1. The number of sulfonamides is 1. The molecule has 0 fully saturated rings. The van der Waals surface area contributed by atoms with Crippen LogP contribution in [0.2, 0.25) is 0 Å². The molecule has 0 aliphatic carbocycles. The van der Waals surface area contributed by atoms with Crippen LogP contribution in [0.15, 0.2) is 34.5 Å². The molecule has 5 nitrogen and oxygen atoms in total. The molecule has 102 valence electrons. The molecule has 2 aromatic rings. The molecule has 7 heteroatoms. The summed E-state index contributed by atoms with van der Waals surface area (Å²) in [5, 5.41) is 10.8. The maximum absolute atomic E-state index is 12.1. The van der Waals surface area contributed by atoms with E-state index in [2.05, 4.69) is 4.72 Å². The van der Waals surface area contributed by atoms with Crippen LogP contribution in [0.5, 0.6) is 0 Å². The van der Waals surface area contributed by atoms with Gasteiger partial charge in [-0.05, 0) is 12.5 Å². The van der Waals surface area contributed by atoms with E-state index in [0.29, 0.717) is 5.39 Å². The lowest BCUT2D eigenvalue weighted by atomic mass is 10.3. The molecule has 0 bridgehead atoms. The van der Waals surface area contributed by atoms with Gasteiger partial charge in [0.1, 0.15) is 4.90 Å². The zero-order valence-electron chi connectivity index (χ0n) is 10.00. The first-order valence-corrected chi connectivity index (χ1v) is 8.05. The summed E-state index contributed by atoms with van der Waals surface area (Å²) in [5.74, 6) is -0.930. The third-order valence-electron chi connectivity index (χ3n) is 2.59. The number of fused-ring (bicyclic) bond motifs is 1. The number of carbonyl (C=O) groups is 1. The lowest BCUT2D eigenvalue weighted by Gasteiger charge is -2.04. The first kappa shape index (κ1) is 14.0. The molecule has 0 spiro atoms. The molecule has 0 radical (unpaired) electrons. The average Bonchev–Trinajstić information content (AvgIpc) is 2.79. The van der Waals surface area contributed by atoms with E-state index in [1.54, 1.807) is 17.5 Å². The molecule has 0 aliphatic heterocycles. The summed E-state index contributed by atoms with van der Waals surface area (Å²) >= 11 is 1.37. The van der Waals surface area contributed by atoms with Crippen LogP contribution in [0.4, 0.5) is 0 Å². The van der Waals surface area contributed by atoms with E-state index in [0.717, 1.165) is 4.70 Å². The Hall–Kier alpha value is -1.44. The molecule has 1 heterocycles.